The highest BCUT2D eigenvalue weighted by Gasteiger charge is 2.40. The number of carbonyl (C=O) groups excluding carboxylic acids is 1. The van der Waals surface area contributed by atoms with Gasteiger partial charge in [-0.05, 0) is 101 Å². The van der Waals surface area contributed by atoms with E-state index in [-0.39, 0.29) is 23.1 Å². The van der Waals surface area contributed by atoms with Crippen molar-refractivity contribution in [1.82, 2.24) is 14.8 Å². The maximum absolute atomic E-state index is 13.2. The van der Waals surface area contributed by atoms with Crippen LogP contribution >= 0.6 is 0 Å². The zero-order valence-corrected chi connectivity index (χ0v) is 22.3. The molecule has 1 amide bonds. The number of aryl methyl sites for hydroxylation is 2. The molecule has 0 saturated carbocycles. The van der Waals surface area contributed by atoms with Gasteiger partial charge in [0.05, 0.1) is 17.0 Å². The third-order valence-electron chi connectivity index (χ3n) is 7.91. The number of hydrogen-bond acceptors (Lipinski definition) is 6. The predicted octanol–water partition coefficient (Wildman–Crippen LogP) is 5.35. The van der Waals surface area contributed by atoms with Crippen molar-refractivity contribution >= 4 is 11.6 Å². The largest absolute Gasteiger partial charge is 0.573 e. The fourth-order valence-electron chi connectivity index (χ4n) is 5.66. The van der Waals surface area contributed by atoms with Crippen molar-refractivity contribution in [1.29, 1.82) is 0 Å². The Bertz CT molecular complexity index is 1130. The Labute approximate surface area is 221 Å². The van der Waals surface area contributed by atoms with Crippen LogP contribution < -0.4 is 4.74 Å². The highest BCUT2D eigenvalue weighted by atomic mass is 19.4. The fraction of sp³-hybridized carbons (Fsp3) is 0.536. The second-order valence-corrected chi connectivity index (χ2v) is 10.4. The van der Waals surface area contributed by atoms with E-state index in [9.17, 15) is 18.0 Å². The van der Waals surface area contributed by atoms with Crippen LogP contribution in [0.25, 0.3) is 0 Å². The van der Waals surface area contributed by atoms with Crippen molar-refractivity contribution < 1.29 is 27.5 Å². The van der Waals surface area contributed by atoms with Crippen molar-refractivity contribution in [3.63, 3.8) is 0 Å². The van der Waals surface area contributed by atoms with Crippen LogP contribution in [0.5, 0.6) is 5.75 Å². The van der Waals surface area contributed by atoms with Crippen LogP contribution in [-0.2, 0) is 4.84 Å². The number of hydrogen-bond donors (Lipinski definition) is 0. The average Bonchev–Trinajstić information content (AvgIpc) is 2.87. The molecule has 0 unspecified atom stereocenters. The second-order valence-electron chi connectivity index (χ2n) is 10.4. The van der Waals surface area contributed by atoms with Crippen molar-refractivity contribution in [2.75, 3.05) is 33.3 Å². The van der Waals surface area contributed by atoms with Gasteiger partial charge in [0, 0.05) is 30.7 Å². The van der Waals surface area contributed by atoms with Gasteiger partial charge >= 0.3 is 6.36 Å². The molecule has 0 radical (unpaired) electrons. The van der Waals surface area contributed by atoms with Crippen molar-refractivity contribution in [3.8, 4) is 5.75 Å². The van der Waals surface area contributed by atoms with E-state index in [1.54, 1.807) is 18.3 Å². The van der Waals surface area contributed by atoms with E-state index in [1.165, 1.54) is 19.2 Å². The van der Waals surface area contributed by atoms with Gasteiger partial charge < -0.3 is 14.5 Å². The summed E-state index contributed by atoms with van der Waals surface area (Å²) in [4.78, 5) is 27.1. The number of piperidine rings is 2. The summed E-state index contributed by atoms with van der Waals surface area (Å²) in [6.07, 6.45) is 0.500. The first kappa shape index (κ1) is 27.9. The summed E-state index contributed by atoms with van der Waals surface area (Å²) >= 11 is 0. The first-order chi connectivity index (χ1) is 18.0. The Morgan fingerprint density at radius 3 is 2.24 bits per heavy atom. The minimum atomic E-state index is -4.73. The van der Waals surface area contributed by atoms with Gasteiger partial charge in [-0.25, -0.2) is 0 Å². The van der Waals surface area contributed by atoms with Gasteiger partial charge in [0.2, 0.25) is 0 Å². The molecule has 1 aromatic carbocycles. The van der Waals surface area contributed by atoms with Gasteiger partial charge in [-0.1, -0.05) is 5.16 Å². The number of likely N-dealkylation sites (tertiary alicyclic amines) is 2. The molecular weight excluding hydrogens is 497 g/mol. The zero-order chi connectivity index (χ0) is 27.5. The quantitative estimate of drug-likeness (QED) is 0.371. The van der Waals surface area contributed by atoms with Crippen LogP contribution in [0, 0.1) is 19.8 Å². The van der Waals surface area contributed by atoms with E-state index < -0.39 is 6.36 Å². The lowest BCUT2D eigenvalue weighted by Crippen LogP contribution is -2.56. The van der Waals surface area contributed by atoms with Gasteiger partial charge in [0.25, 0.3) is 5.91 Å². The van der Waals surface area contributed by atoms with Gasteiger partial charge in [0.1, 0.15) is 12.9 Å². The van der Waals surface area contributed by atoms with E-state index in [0.29, 0.717) is 18.7 Å². The Hall–Kier alpha value is -3.14. The standard InChI is InChI=1S/C28H35F3N4O3/c1-19-9-14-32-20(2)24(19)26(36)34-17-12-27(3,13-18-34)35-15-10-22(11-16-35)25(33-37-4)21-5-7-23(8-6-21)38-28(29,30)31/h5-9,14,22H,10-13,15-18H2,1-4H3/b33-25+. The smallest absolute Gasteiger partial charge is 0.406 e. The molecule has 0 aliphatic carbocycles. The number of ether oxygens (including phenoxy) is 1. The minimum absolute atomic E-state index is 0.00405. The first-order valence-electron chi connectivity index (χ1n) is 12.9. The SMILES string of the molecule is CO/N=C(\c1ccc(OC(F)(F)F)cc1)C1CCN(C2(C)CCN(C(=O)c3c(C)ccnc3C)CC2)CC1. The van der Waals surface area contributed by atoms with E-state index >= 15 is 0 Å². The van der Waals surface area contributed by atoms with Gasteiger partial charge in [0.15, 0.2) is 0 Å². The maximum atomic E-state index is 13.2. The molecule has 2 saturated heterocycles. The Kier molecular flexibility index (Phi) is 8.30. The monoisotopic (exact) mass is 532 g/mol. The third kappa shape index (κ3) is 6.28. The highest BCUT2D eigenvalue weighted by molar-refractivity contribution is 6.02. The first-order valence-corrected chi connectivity index (χ1v) is 12.9. The van der Waals surface area contributed by atoms with E-state index in [1.807, 2.05) is 24.8 Å². The van der Waals surface area contributed by atoms with Crippen LogP contribution in [0.15, 0.2) is 41.7 Å². The summed E-state index contributed by atoms with van der Waals surface area (Å²) in [5.41, 5.74) is 3.88. The molecule has 3 heterocycles. The summed E-state index contributed by atoms with van der Waals surface area (Å²) in [5.74, 6) is -0.0808. The van der Waals surface area contributed by atoms with E-state index in [4.69, 9.17) is 4.84 Å². The molecule has 0 spiro atoms. The summed E-state index contributed by atoms with van der Waals surface area (Å²) in [6.45, 7) is 9.24. The molecular formula is C28H35F3N4O3. The lowest BCUT2D eigenvalue weighted by molar-refractivity contribution is -0.274. The van der Waals surface area contributed by atoms with Crippen LogP contribution in [0.1, 0.15) is 59.8 Å². The Morgan fingerprint density at radius 1 is 1.05 bits per heavy atom. The van der Waals surface area contributed by atoms with Crippen LogP contribution in [0.3, 0.4) is 0 Å². The second kappa shape index (κ2) is 11.3. The molecule has 2 fully saturated rings. The number of pyridine rings is 1. The summed E-state index contributed by atoms with van der Waals surface area (Å²) < 4.78 is 41.5. The normalized spacial score (nSPS) is 19.3. The number of halogens is 3. The predicted molar refractivity (Wildman–Crippen MR) is 138 cm³/mol. The van der Waals surface area contributed by atoms with Crippen LogP contribution in [-0.4, -0.2) is 71.6 Å². The molecule has 4 rings (SSSR count). The average molecular weight is 533 g/mol. The van der Waals surface area contributed by atoms with E-state index in [2.05, 4.69) is 26.7 Å². The lowest BCUT2D eigenvalue weighted by atomic mass is 9.82. The molecule has 10 heteroatoms. The molecule has 1 aromatic heterocycles. The number of benzene rings is 1. The number of oxime groups is 1. The molecule has 2 aromatic rings. The summed E-state index contributed by atoms with van der Waals surface area (Å²) in [5, 5.41) is 4.24. The Balaban J connectivity index is 1.36. The van der Waals surface area contributed by atoms with E-state index in [0.717, 1.165) is 61.3 Å². The summed E-state index contributed by atoms with van der Waals surface area (Å²) in [7, 11) is 1.47. The molecule has 206 valence electrons. The third-order valence-corrected chi connectivity index (χ3v) is 7.91. The molecule has 7 nitrogen and oxygen atoms in total. The summed E-state index contributed by atoms with van der Waals surface area (Å²) in [6, 6.07) is 7.65. The molecule has 2 aliphatic heterocycles. The molecule has 0 atom stereocenters. The maximum Gasteiger partial charge on any atom is 0.573 e. The van der Waals surface area contributed by atoms with Crippen LogP contribution in [0.4, 0.5) is 13.2 Å². The topological polar surface area (TPSA) is 67.3 Å². The lowest BCUT2D eigenvalue weighted by Gasteiger charge is -2.49. The van der Waals surface area contributed by atoms with Crippen LogP contribution in [0.2, 0.25) is 0 Å². The van der Waals surface area contributed by atoms with Gasteiger partial charge in [-0.15, -0.1) is 13.2 Å². The fourth-order valence-corrected chi connectivity index (χ4v) is 5.66. The molecule has 2 aliphatic rings. The number of aromatic nitrogens is 1. The molecule has 0 bridgehead atoms. The molecule has 38 heavy (non-hydrogen) atoms. The molecule has 0 N–H and O–H groups in total. The number of alkyl halides is 3. The highest BCUT2D eigenvalue weighted by Crippen LogP contribution is 2.34. The number of nitrogens with zero attached hydrogens (tertiary/aromatic N) is 4. The Morgan fingerprint density at radius 2 is 1.68 bits per heavy atom. The van der Waals surface area contributed by atoms with Gasteiger partial charge in [-0.3, -0.25) is 14.7 Å². The number of carbonyl (C=O) groups is 1. The number of rotatable bonds is 6. The van der Waals surface area contributed by atoms with Crippen molar-refractivity contribution in [2.45, 2.75) is 58.4 Å². The minimum Gasteiger partial charge on any atom is -0.406 e. The van der Waals surface area contributed by atoms with Crippen molar-refractivity contribution in [3.05, 3.63) is 58.9 Å². The number of amides is 1. The zero-order valence-electron chi connectivity index (χ0n) is 22.3. The van der Waals surface area contributed by atoms with Gasteiger partial charge in [-0.2, -0.15) is 0 Å². The van der Waals surface area contributed by atoms with Crippen molar-refractivity contribution in [2.24, 2.45) is 11.1 Å².